The molecule has 1 N–H and O–H groups in total. The standard InChI is InChI=1S/C23H32ClNO6S/c1-16(30-20(27)12-32-15-22(2)13-29-14-22)31-21(28)25(3)23(11-7-6-10-19(23)26)17-8-4-5-9-18(17)24/h4-5,8-9,16,19,26H,6-7,10-15H2,1-3H3/t16?,19?,23-/m0/s1. The lowest BCUT2D eigenvalue weighted by Crippen LogP contribution is -2.56. The first kappa shape index (κ1) is 25.1. The Hall–Kier alpha value is -1.48. The van der Waals surface area contributed by atoms with Crippen LogP contribution in [0.5, 0.6) is 0 Å². The molecule has 1 aromatic rings. The first-order valence-corrected chi connectivity index (χ1v) is 12.4. The highest BCUT2D eigenvalue weighted by Crippen LogP contribution is 2.44. The Morgan fingerprint density at radius 2 is 2.03 bits per heavy atom. The van der Waals surface area contributed by atoms with Crippen LogP contribution in [-0.4, -0.2) is 66.2 Å². The number of nitrogens with zero attached hydrogens (tertiary/aromatic N) is 1. The van der Waals surface area contributed by atoms with Gasteiger partial charge in [0.15, 0.2) is 0 Å². The van der Waals surface area contributed by atoms with Gasteiger partial charge in [0.25, 0.3) is 0 Å². The summed E-state index contributed by atoms with van der Waals surface area (Å²) in [5.74, 6) is 0.535. The molecular formula is C23H32ClNO6S. The molecule has 3 rings (SSSR count). The molecule has 9 heteroatoms. The molecule has 1 saturated heterocycles. The summed E-state index contributed by atoms with van der Waals surface area (Å²) in [6.45, 7) is 5.03. The average Bonchev–Trinajstić information content (AvgIpc) is 2.73. The number of benzene rings is 1. The number of likely N-dealkylation sites (N-methyl/N-ethyl adjacent to an activating group) is 1. The van der Waals surface area contributed by atoms with Crippen LogP contribution < -0.4 is 0 Å². The van der Waals surface area contributed by atoms with Crippen molar-refractivity contribution in [3.63, 3.8) is 0 Å². The molecule has 0 bridgehead atoms. The van der Waals surface area contributed by atoms with Gasteiger partial charge in [0.05, 0.1) is 30.6 Å². The Kier molecular flexibility index (Phi) is 8.36. The molecule has 7 nitrogen and oxygen atoms in total. The van der Waals surface area contributed by atoms with Crippen LogP contribution in [0.15, 0.2) is 24.3 Å². The number of rotatable bonds is 8. The van der Waals surface area contributed by atoms with E-state index in [0.717, 1.165) is 18.6 Å². The predicted molar refractivity (Wildman–Crippen MR) is 124 cm³/mol. The molecule has 3 atom stereocenters. The Bertz CT molecular complexity index is 819. The van der Waals surface area contributed by atoms with Gasteiger partial charge in [-0.15, -0.1) is 11.8 Å². The molecule has 32 heavy (non-hydrogen) atoms. The summed E-state index contributed by atoms with van der Waals surface area (Å²) in [4.78, 5) is 26.5. The minimum Gasteiger partial charge on any atom is -0.425 e. The van der Waals surface area contributed by atoms with Gasteiger partial charge in [-0.3, -0.25) is 9.69 Å². The molecule has 178 valence electrons. The summed E-state index contributed by atoms with van der Waals surface area (Å²) in [5, 5.41) is 11.5. The molecule has 1 aliphatic carbocycles. The zero-order valence-corrected chi connectivity index (χ0v) is 20.4. The molecular weight excluding hydrogens is 454 g/mol. The SMILES string of the molecule is CC(OC(=O)CSCC1(C)COC1)OC(=O)N(C)[C@]1(c2ccccc2Cl)CCCCC1O. The van der Waals surface area contributed by atoms with Crippen LogP contribution in [0.3, 0.4) is 0 Å². The van der Waals surface area contributed by atoms with E-state index < -0.39 is 30.0 Å². The first-order valence-electron chi connectivity index (χ1n) is 10.9. The van der Waals surface area contributed by atoms with Gasteiger partial charge in [-0.05, 0) is 24.5 Å². The fourth-order valence-electron chi connectivity index (χ4n) is 4.38. The number of thioether (sulfide) groups is 1. The maximum Gasteiger partial charge on any atom is 0.413 e. The van der Waals surface area contributed by atoms with Crippen molar-refractivity contribution in [3.05, 3.63) is 34.9 Å². The summed E-state index contributed by atoms with van der Waals surface area (Å²) in [6.07, 6.45) is 0.284. The normalized spacial score (nSPS) is 25.3. The number of esters is 1. The van der Waals surface area contributed by atoms with Gasteiger partial charge in [-0.25, -0.2) is 4.79 Å². The molecule has 1 aromatic carbocycles. The lowest BCUT2D eigenvalue weighted by molar-refractivity contribution is -0.164. The summed E-state index contributed by atoms with van der Waals surface area (Å²) in [5.41, 5.74) is -0.213. The molecule has 0 aromatic heterocycles. The monoisotopic (exact) mass is 485 g/mol. The van der Waals surface area contributed by atoms with Crippen molar-refractivity contribution in [1.29, 1.82) is 0 Å². The van der Waals surface area contributed by atoms with E-state index >= 15 is 0 Å². The Labute approximate surface area is 198 Å². The van der Waals surface area contributed by atoms with E-state index in [1.54, 1.807) is 13.1 Å². The smallest absolute Gasteiger partial charge is 0.413 e. The minimum absolute atomic E-state index is 0.111. The van der Waals surface area contributed by atoms with E-state index in [1.807, 2.05) is 18.2 Å². The fourth-order valence-corrected chi connectivity index (χ4v) is 5.67. The molecule has 2 aliphatic rings. The highest BCUT2D eigenvalue weighted by molar-refractivity contribution is 7.99. The second-order valence-corrected chi connectivity index (χ2v) is 10.4. The number of halogens is 1. The maximum atomic E-state index is 13.0. The van der Waals surface area contributed by atoms with E-state index in [1.165, 1.54) is 23.6 Å². The van der Waals surface area contributed by atoms with Crippen LogP contribution in [0, 0.1) is 5.41 Å². The van der Waals surface area contributed by atoms with Gasteiger partial charge >= 0.3 is 12.1 Å². The van der Waals surface area contributed by atoms with Gasteiger partial charge in [-0.2, -0.15) is 0 Å². The van der Waals surface area contributed by atoms with Crippen molar-refractivity contribution in [2.45, 2.75) is 57.5 Å². The Morgan fingerprint density at radius 3 is 2.66 bits per heavy atom. The summed E-state index contributed by atoms with van der Waals surface area (Å²) in [6, 6.07) is 7.22. The van der Waals surface area contributed by atoms with Crippen molar-refractivity contribution < 1.29 is 28.9 Å². The number of carbonyl (C=O) groups is 2. The van der Waals surface area contributed by atoms with Crippen molar-refractivity contribution in [2.75, 3.05) is 31.8 Å². The topological polar surface area (TPSA) is 85.3 Å². The highest BCUT2D eigenvalue weighted by Gasteiger charge is 2.48. The lowest BCUT2D eigenvalue weighted by atomic mass is 9.73. The van der Waals surface area contributed by atoms with Crippen LogP contribution in [0.2, 0.25) is 5.02 Å². The number of ether oxygens (including phenoxy) is 3. The highest BCUT2D eigenvalue weighted by atomic mass is 35.5. The molecule has 1 saturated carbocycles. The third-order valence-electron chi connectivity index (χ3n) is 6.19. The van der Waals surface area contributed by atoms with Crippen LogP contribution in [0.4, 0.5) is 4.79 Å². The van der Waals surface area contributed by atoms with E-state index in [4.69, 9.17) is 25.8 Å². The van der Waals surface area contributed by atoms with Gasteiger partial charge in [0, 0.05) is 30.2 Å². The van der Waals surface area contributed by atoms with E-state index in [0.29, 0.717) is 36.6 Å². The largest absolute Gasteiger partial charge is 0.425 e. The van der Waals surface area contributed by atoms with E-state index in [9.17, 15) is 14.7 Å². The van der Waals surface area contributed by atoms with Gasteiger partial charge in [-0.1, -0.05) is 49.6 Å². The number of hydrogen-bond acceptors (Lipinski definition) is 7. The number of amides is 1. The molecule has 1 heterocycles. The molecule has 2 unspecified atom stereocenters. The Morgan fingerprint density at radius 1 is 1.31 bits per heavy atom. The number of hydrogen-bond donors (Lipinski definition) is 1. The summed E-state index contributed by atoms with van der Waals surface area (Å²) >= 11 is 7.94. The van der Waals surface area contributed by atoms with Gasteiger partial charge < -0.3 is 19.3 Å². The lowest BCUT2D eigenvalue weighted by Gasteiger charge is -2.48. The maximum absolute atomic E-state index is 13.0. The number of aliphatic hydroxyl groups excluding tert-OH is 1. The van der Waals surface area contributed by atoms with Gasteiger partial charge in [0.1, 0.15) is 0 Å². The quantitative estimate of drug-likeness (QED) is 0.436. The zero-order chi connectivity index (χ0) is 23.4. The van der Waals surface area contributed by atoms with Crippen LogP contribution in [0.25, 0.3) is 0 Å². The fraction of sp³-hybridized carbons (Fsp3) is 0.652. The zero-order valence-electron chi connectivity index (χ0n) is 18.8. The molecule has 0 radical (unpaired) electrons. The van der Waals surface area contributed by atoms with Crippen molar-refractivity contribution in [1.82, 2.24) is 4.90 Å². The second kappa shape index (κ2) is 10.6. The molecule has 0 spiro atoms. The summed E-state index contributed by atoms with van der Waals surface area (Å²) in [7, 11) is 1.59. The second-order valence-electron chi connectivity index (χ2n) is 8.96. The van der Waals surface area contributed by atoms with Crippen LogP contribution in [-0.2, 0) is 24.5 Å². The number of carbonyl (C=O) groups excluding carboxylic acids is 2. The molecule has 1 aliphatic heterocycles. The average molecular weight is 486 g/mol. The van der Waals surface area contributed by atoms with Crippen molar-refractivity contribution in [2.24, 2.45) is 5.41 Å². The molecule has 1 amide bonds. The van der Waals surface area contributed by atoms with Crippen molar-refractivity contribution in [3.8, 4) is 0 Å². The van der Waals surface area contributed by atoms with Gasteiger partial charge in [0.2, 0.25) is 6.29 Å². The third-order valence-corrected chi connectivity index (χ3v) is 7.86. The van der Waals surface area contributed by atoms with E-state index in [-0.39, 0.29) is 11.2 Å². The summed E-state index contributed by atoms with van der Waals surface area (Å²) < 4.78 is 15.9. The first-order chi connectivity index (χ1) is 15.2. The minimum atomic E-state index is -1.05. The van der Waals surface area contributed by atoms with Crippen molar-refractivity contribution >= 4 is 35.4 Å². The van der Waals surface area contributed by atoms with Crippen LogP contribution >= 0.6 is 23.4 Å². The van der Waals surface area contributed by atoms with Crippen LogP contribution in [0.1, 0.15) is 45.1 Å². The third kappa shape index (κ3) is 5.53. The Balaban J connectivity index is 1.60. The number of aliphatic hydroxyl groups is 1. The van der Waals surface area contributed by atoms with E-state index in [2.05, 4.69) is 6.92 Å². The predicted octanol–water partition coefficient (Wildman–Crippen LogP) is 4.20. The molecule has 2 fully saturated rings.